The van der Waals surface area contributed by atoms with Crippen LogP contribution in [0.4, 0.5) is 0 Å². The molecule has 0 amide bonds. The van der Waals surface area contributed by atoms with Crippen molar-refractivity contribution in [3.63, 3.8) is 0 Å². The Kier molecular flexibility index (Phi) is 3.80. The molecular formula is C18H22N4O. The van der Waals surface area contributed by atoms with Crippen molar-refractivity contribution < 1.29 is 0 Å². The van der Waals surface area contributed by atoms with Crippen molar-refractivity contribution in [3.05, 3.63) is 57.4 Å². The molecule has 120 valence electrons. The summed E-state index contributed by atoms with van der Waals surface area (Å²) in [6, 6.07) is 5.88. The lowest BCUT2D eigenvalue weighted by Gasteiger charge is -2.17. The molecule has 0 N–H and O–H groups in total. The molecule has 0 aliphatic rings. The highest BCUT2D eigenvalue weighted by molar-refractivity contribution is 5.81. The van der Waals surface area contributed by atoms with Gasteiger partial charge in [-0.1, -0.05) is 6.07 Å². The van der Waals surface area contributed by atoms with E-state index in [4.69, 9.17) is 0 Å². The second-order valence-corrected chi connectivity index (χ2v) is 6.32. The summed E-state index contributed by atoms with van der Waals surface area (Å²) in [4.78, 5) is 17.3. The number of aromatic nitrogens is 4. The van der Waals surface area contributed by atoms with E-state index in [-0.39, 0.29) is 11.6 Å². The molecule has 0 spiro atoms. The third-order valence-corrected chi connectivity index (χ3v) is 4.49. The Labute approximate surface area is 135 Å². The van der Waals surface area contributed by atoms with E-state index in [1.54, 1.807) is 10.9 Å². The smallest absolute Gasteiger partial charge is 0.261 e. The fourth-order valence-electron chi connectivity index (χ4n) is 2.96. The molecule has 2 aromatic heterocycles. The van der Waals surface area contributed by atoms with Crippen LogP contribution < -0.4 is 5.56 Å². The number of benzene rings is 1. The van der Waals surface area contributed by atoms with E-state index < -0.39 is 0 Å². The zero-order valence-corrected chi connectivity index (χ0v) is 14.3. The van der Waals surface area contributed by atoms with Crippen molar-refractivity contribution in [2.75, 3.05) is 0 Å². The summed E-state index contributed by atoms with van der Waals surface area (Å²) in [5.74, 6) is 0. The molecule has 0 saturated heterocycles. The lowest BCUT2D eigenvalue weighted by atomic mass is 10.1. The van der Waals surface area contributed by atoms with Gasteiger partial charge in [-0.05, 0) is 57.9 Å². The molecular weight excluding hydrogens is 288 g/mol. The van der Waals surface area contributed by atoms with E-state index in [1.807, 2.05) is 57.5 Å². The van der Waals surface area contributed by atoms with Crippen LogP contribution in [0.1, 0.15) is 35.5 Å². The third kappa shape index (κ3) is 2.67. The minimum atomic E-state index is -0.0148. The molecule has 3 rings (SSSR count). The Morgan fingerprint density at radius 2 is 1.91 bits per heavy atom. The van der Waals surface area contributed by atoms with Gasteiger partial charge in [0.05, 0.1) is 35.5 Å². The molecule has 0 radical (unpaired) electrons. The van der Waals surface area contributed by atoms with Gasteiger partial charge >= 0.3 is 0 Å². The van der Waals surface area contributed by atoms with E-state index in [9.17, 15) is 4.79 Å². The number of hydrogen-bond donors (Lipinski definition) is 0. The summed E-state index contributed by atoms with van der Waals surface area (Å²) in [5.41, 5.74) is 5.11. The topological polar surface area (TPSA) is 52.7 Å². The van der Waals surface area contributed by atoms with E-state index in [0.717, 1.165) is 28.0 Å². The van der Waals surface area contributed by atoms with Crippen LogP contribution in [0.25, 0.3) is 10.9 Å². The van der Waals surface area contributed by atoms with Gasteiger partial charge in [0.25, 0.3) is 5.56 Å². The highest BCUT2D eigenvalue weighted by Gasteiger charge is 2.14. The standard InChI is InChI=1S/C18H22N4O/c1-11-6-7-16-17(15(11)5)19-10-21(18(16)23)14(4)9-22-13(3)8-12(2)20-22/h6-8,10,14H,9H2,1-5H3/t14-/m1/s1. The predicted octanol–water partition coefficient (Wildman–Crippen LogP) is 3.09. The normalized spacial score (nSPS) is 12.7. The molecule has 2 heterocycles. The first-order valence-electron chi connectivity index (χ1n) is 7.86. The van der Waals surface area contributed by atoms with Crippen molar-refractivity contribution in [2.45, 2.75) is 47.2 Å². The average Bonchev–Trinajstić information content (AvgIpc) is 2.81. The van der Waals surface area contributed by atoms with Gasteiger partial charge in [-0.2, -0.15) is 5.10 Å². The van der Waals surface area contributed by atoms with Crippen LogP contribution in [0.5, 0.6) is 0 Å². The van der Waals surface area contributed by atoms with Crippen LogP contribution >= 0.6 is 0 Å². The van der Waals surface area contributed by atoms with Crippen molar-refractivity contribution in [1.29, 1.82) is 0 Å². The molecule has 1 atom stereocenters. The second kappa shape index (κ2) is 5.65. The Balaban J connectivity index is 2.03. The maximum Gasteiger partial charge on any atom is 0.261 e. The van der Waals surface area contributed by atoms with E-state index in [2.05, 4.69) is 10.1 Å². The Hall–Kier alpha value is -2.43. The monoisotopic (exact) mass is 310 g/mol. The van der Waals surface area contributed by atoms with Gasteiger partial charge in [0.1, 0.15) is 0 Å². The Morgan fingerprint density at radius 3 is 2.57 bits per heavy atom. The van der Waals surface area contributed by atoms with Crippen LogP contribution in [-0.4, -0.2) is 19.3 Å². The van der Waals surface area contributed by atoms with E-state index in [1.165, 1.54) is 0 Å². The van der Waals surface area contributed by atoms with Crippen LogP contribution in [-0.2, 0) is 6.54 Å². The molecule has 0 fully saturated rings. The molecule has 0 unspecified atom stereocenters. The molecule has 1 aromatic carbocycles. The minimum absolute atomic E-state index is 0.00660. The Bertz CT molecular complexity index is 936. The van der Waals surface area contributed by atoms with Crippen molar-refractivity contribution in [3.8, 4) is 0 Å². The Morgan fingerprint density at radius 1 is 1.17 bits per heavy atom. The van der Waals surface area contributed by atoms with Crippen LogP contribution in [0, 0.1) is 27.7 Å². The summed E-state index contributed by atoms with van der Waals surface area (Å²) >= 11 is 0. The summed E-state index contributed by atoms with van der Waals surface area (Å²) < 4.78 is 3.64. The van der Waals surface area contributed by atoms with Gasteiger partial charge in [-0.15, -0.1) is 0 Å². The highest BCUT2D eigenvalue weighted by Crippen LogP contribution is 2.17. The summed E-state index contributed by atoms with van der Waals surface area (Å²) in [6.45, 7) is 10.7. The first-order chi connectivity index (χ1) is 10.9. The van der Waals surface area contributed by atoms with Gasteiger partial charge in [0.2, 0.25) is 0 Å². The largest absolute Gasteiger partial charge is 0.294 e. The molecule has 5 heteroatoms. The van der Waals surface area contributed by atoms with Gasteiger partial charge in [-0.3, -0.25) is 14.0 Å². The quantitative estimate of drug-likeness (QED) is 0.747. The zero-order chi connectivity index (χ0) is 16.7. The maximum absolute atomic E-state index is 12.8. The molecule has 3 aromatic rings. The lowest BCUT2D eigenvalue weighted by Crippen LogP contribution is -2.27. The first-order valence-corrected chi connectivity index (χ1v) is 7.86. The lowest BCUT2D eigenvalue weighted by molar-refractivity contribution is 0.419. The highest BCUT2D eigenvalue weighted by atomic mass is 16.1. The van der Waals surface area contributed by atoms with Crippen molar-refractivity contribution >= 4 is 10.9 Å². The maximum atomic E-state index is 12.8. The average molecular weight is 310 g/mol. The summed E-state index contributed by atoms with van der Waals surface area (Å²) in [7, 11) is 0. The molecule has 0 aliphatic heterocycles. The van der Waals surface area contributed by atoms with Gasteiger partial charge in [0.15, 0.2) is 0 Å². The van der Waals surface area contributed by atoms with E-state index >= 15 is 0 Å². The minimum Gasteiger partial charge on any atom is -0.294 e. The fourth-order valence-corrected chi connectivity index (χ4v) is 2.96. The fraction of sp³-hybridized carbons (Fsp3) is 0.389. The molecule has 0 saturated carbocycles. The van der Waals surface area contributed by atoms with Gasteiger partial charge < -0.3 is 0 Å². The zero-order valence-electron chi connectivity index (χ0n) is 14.3. The van der Waals surface area contributed by atoms with Crippen LogP contribution in [0.2, 0.25) is 0 Å². The molecule has 23 heavy (non-hydrogen) atoms. The van der Waals surface area contributed by atoms with E-state index in [0.29, 0.717) is 11.9 Å². The summed E-state index contributed by atoms with van der Waals surface area (Å²) in [6.07, 6.45) is 1.66. The van der Waals surface area contributed by atoms with Crippen LogP contribution in [0.15, 0.2) is 29.3 Å². The number of fused-ring (bicyclic) bond motifs is 1. The third-order valence-electron chi connectivity index (χ3n) is 4.49. The number of hydrogen-bond acceptors (Lipinski definition) is 3. The number of rotatable bonds is 3. The predicted molar refractivity (Wildman–Crippen MR) is 91.9 cm³/mol. The molecule has 5 nitrogen and oxygen atoms in total. The van der Waals surface area contributed by atoms with Crippen molar-refractivity contribution in [2.24, 2.45) is 0 Å². The van der Waals surface area contributed by atoms with Gasteiger partial charge in [0, 0.05) is 5.69 Å². The summed E-state index contributed by atoms with van der Waals surface area (Å²) in [5, 5.41) is 5.15. The number of nitrogens with zero attached hydrogens (tertiary/aromatic N) is 4. The number of aryl methyl sites for hydroxylation is 4. The SMILES string of the molecule is Cc1cc(C)n(C[C@@H](C)n2cnc3c(C)c(C)ccc3c2=O)n1. The molecule has 0 bridgehead atoms. The second-order valence-electron chi connectivity index (χ2n) is 6.32. The van der Waals surface area contributed by atoms with Crippen LogP contribution in [0.3, 0.4) is 0 Å². The van der Waals surface area contributed by atoms with Crippen molar-refractivity contribution in [1.82, 2.24) is 19.3 Å². The van der Waals surface area contributed by atoms with Gasteiger partial charge in [-0.25, -0.2) is 4.98 Å². The molecule has 0 aliphatic carbocycles. The first kappa shape index (κ1) is 15.5.